The van der Waals surface area contributed by atoms with E-state index in [9.17, 15) is 14.4 Å². The molecule has 0 spiro atoms. The van der Waals surface area contributed by atoms with E-state index >= 15 is 0 Å². The van der Waals surface area contributed by atoms with Gasteiger partial charge < -0.3 is 20.5 Å². The maximum Gasteiger partial charge on any atom is 0.407 e. The van der Waals surface area contributed by atoms with E-state index in [2.05, 4.69) is 34.9 Å². The molecule has 2 aromatic rings. The van der Waals surface area contributed by atoms with Gasteiger partial charge >= 0.3 is 12.1 Å². The van der Waals surface area contributed by atoms with Crippen LogP contribution in [0.5, 0.6) is 0 Å². The number of fused-ring (bicyclic) bond motifs is 3. The van der Waals surface area contributed by atoms with Gasteiger partial charge in [0.05, 0.1) is 12.0 Å². The lowest BCUT2D eigenvalue weighted by atomic mass is 9.74. The number of carbonyl (C=O) groups excluding carboxylic acids is 2. The zero-order valence-corrected chi connectivity index (χ0v) is 19.7. The monoisotopic (exact) mass is 464 g/mol. The zero-order valence-electron chi connectivity index (χ0n) is 19.7. The SMILES string of the molecule is CC(C)(CCC(=O)NC1(CC(=O)O)CCC1)NC(=O)OCC1c2ccccc2-c2ccccc21. The van der Waals surface area contributed by atoms with Gasteiger partial charge in [-0.05, 0) is 61.8 Å². The van der Waals surface area contributed by atoms with Crippen molar-refractivity contribution in [2.45, 2.75) is 69.4 Å². The molecule has 2 amide bonds. The van der Waals surface area contributed by atoms with Gasteiger partial charge in [-0.3, -0.25) is 9.59 Å². The van der Waals surface area contributed by atoms with Crippen molar-refractivity contribution in [2.24, 2.45) is 0 Å². The third kappa shape index (κ3) is 5.24. The molecule has 2 aliphatic rings. The van der Waals surface area contributed by atoms with E-state index in [1.165, 1.54) is 11.1 Å². The molecule has 4 rings (SSSR count). The van der Waals surface area contributed by atoms with Gasteiger partial charge in [0.1, 0.15) is 6.61 Å². The molecule has 2 aromatic carbocycles. The average molecular weight is 465 g/mol. The summed E-state index contributed by atoms with van der Waals surface area (Å²) in [5, 5.41) is 14.9. The molecule has 0 unspecified atom stereocenters. The van der Waals surface area contributed by atoms with Crippen molar-refractivity contribution in [3.63, 3.8) is 0 Å². The van der Waals surface area contributed by atoms with Crippen molar-refractivity contribution in [3.05, 3.63) is 59.7 Å². The second-order valence-corrected chi connectivity index (χ2v) is 10.1. The topological polar surface area (TPSA) is 105 Å². The number of hydrogen-bond donors (Lipinski definition) is 3. The van der Waals surface area contributed by atoms with E-state index in [0.29, 0.717) is 19.3 Å². The molecular weight excluding hydrogens is 432 g/mol. The first-order chi connectivity index (χ1) is 16.2. The number of nitrogens with one attached hydrogen (secondary N) is 2. The molecule has 7 heteroatoms. The molecule has 7 nitrogen and oxygen atoms in total. The Labute approximate surface area is 199 Å². The Bertz CT molecular complexity index is 1040. The first-order valence-corrected chi connectivity index (χ1v) is 11.8. The lowest BCUT2D eigenvalue weighted by Crippen LogP contribution is -2.55. The summed E-state index contributed by atoms with van der Waals surface area (Å²) in [6.07, 6.45) is 2.32. The van der Waals surface area contributed by atoms with E-state index in [4.69, 9.17) is 9.84 Å². The van der Waals surface area contributed by atoms with Crippen LogP contribution in [-0.2, 0) is 14.3 Å². The van der Waals surface area contributed by atoms with Gasteiger partial charge in [-0.2, -0.15) is 0 Å². The van der Waals surface area contributed by atoms with Crippen molar-refractivity contribution in [1.82, 2.24) is 10.6 Å². The van der Waals surface area contributed by atoms with Crippen molar-refractivity contribution >= 4 is 18.0 Å². The van der Waals surface area contributed by atoms with Crippen LogP contribution < -0.4 is 10.6 Å². The summed E-state index contributed by atoms with van der Waals surface area (Å²) in [5.41, 5.74) is 3.38. The third-order valence-electron chi connectivity index (χ3n) is 6.97. The first kappa shape index (κ1) is 23.8. The second kappa shape index (κ2) is 9.49. The predicted molar refractivity (Wildman–Crippen MR) is 128 cm³/mol. The Hall–Kier alpha value is -3.35. The number of aliphatic carboxylic acids is 1. The summed E-state index contributed by atoms with van der Waals surface area (Å²) in [6, 6.07) is 16.3. The highest BCUT2D eigenvalue weighted by atomic mass is 16.5. The molecule has 34 heavy (non-hydrogen) atoms. The summed E-state index contributed by atoms with van der Waals surface area (Å²) in [6.45, 7) is 3.92. The largest absolute Gasteiger partial charge is 0.481 e. The fraction of sp³-hybridized carbons (Fsp3) is 0.444. The fourth-order valence-corrected chi connectivity index (χ4v) is 5.00. The lowest BCUT2D eigenvalue weighted by Gasteiger charge is -2.41. The van der Waals surface area contributed by atoms with Gasteiger partial charge in [-0.25, -0.2) is 4.79 Å². The molecule has 0 aliphatic heterocycles. The Morgan fingerprint density at radius 2 is 1.62 bits per heavy atom. The molecule has 0 bridgehead atoms. The molecule has 0 radical (unpaired) electrons. The summed E-state index contributed by atoms with van der Waals surface area (Å²) < 4.78 is 5.62. The zero-order chi connectivity index (χ0) is 24.3. The summed E-state index contributed by atoms with van der Waals surface area (Å²) in [5.74, 6) is -1.11. The minimum Gasteiger partial charge on any atom is -0.481 e. The van der Waals surface area contributed by atoms with E-state index in [1.807, 2.05) is 38.1 Å². The molecule has 0 heterocycles. The first-order valence-electron chi connectivity index (χ1n) is 11.8. The molecule has 0 saturated heterocycles. The van der Waals surface area contributed by atoms with Gasteiger partial charge in [-0.15, -0.1) is 0 Å². The number of carbonyl (C=O) groups is 3. The molecule has 1 fully saturated rings. The van der Waals surface area contributed by atoms with Crippen LogP contribution >= 0.6 is 0 Å². The standard InChI is InChI=1S/C27H32N2O5/c1-26(2,15-12-23(30)28-27(13-7-14-27)16-24(31)32)29-25(33)34-17-22-20-10-5-3-8-18(20)19-9-4-6-11-21(19)22/h3-6,8-11,22H,7,12-17H2,1-2H3,(H,28,30)(H,29,33)(H,31,32). The normalized spacial score (nSPS) is 16.1. The van der Waals surface area contributed by atoms with Crippen LogP contribution in [0.2, 0.25) is 0 Å². The van der Waals surface area contributed by atoms with Gasteiger partial charge in [0.25, 0.3) is 0 Å². The van der Waals surface area contributed by atoms with E-state index in [1.54, 1.807) is 0 Å². The fourth-order valence-electron chi connectivity index (χ4n) is 5.00. The predicted octanol–water partition coefficient (Wildman–Crippen LogP) is 4.60. The number of amides is 2. The van der Waals surface area contributed by atoms with Crippen molar-refractivity contribution in [1.29, 1.82) is 0 Å². The van der Waals surface area contributed by atoms with Gasteiger partial charge in [-0.1, -0.05) is 48.5 Å². The maximum absolute atomic E-state index is 12.6. The Morgan fingerprint density at radius 1 is 1.03 bits per heavy atom. The van der Waals surface area contributed by atoms with Crippen molar-refractivity contribution in [2.75, 3.05) is 6.61 Å². The summed E-state index contributed by atoms with van der Waals surface area (Å²) in [7, 11) is 0. The molecule has 0 atom stereocenters. The van der Waals surface area contributed by atoms with E-state index < -0.39 is 23.1 Å². The number of alkyl carbamates (subject to hydrolysis) is 1. The highest BCUT2D eigenvalue weighted by Gasteiger charge is 2.40. The number of hydrogen-bond acceptors (Lipinski definition) is 4. The number of rotatable bonds is 9. The molecule has 2 aliphatic carbocycles. The molecule has 3 N–H and O–H groups in total. The Balaban J connectivity index is 1.28. The summed E-state index contributed by atoms with van der Waals surface area (Å²) in [4.78, 5) is 36.1. The average Bonchev–Trinajstić information content (AvgIpc) is 3.08. The van der Waals surface area contributed by atoms with E-state index in [-0.39, 0.29) is 31.3 Å². The number of carboxylic acid groups (broad SMARTS) is 1. The Morgan fingerprint density at radius 3 is 2.15 bits per heavy atom. The van der Waals surface area contributed by atoms with Gasteiger partial charge in [0, 0.05) is 17.9 Å². The van der Waals surface area contributed by atoms with Crippen LogP contribution in [0.15, 0.2) is 48.5 Å². The highest BCUT2D eigenvalue weighted by molar-refractivity contribution is 5.80. The third-order valence-corrected chi connectivity index (χ3v) is 6.97. The second-order valence-electron chi connectivity index (χ2n) is 10.1. The molecule has 1 saturated carbocycles. The van der Waals surface area contributed by atoms with Gasteiger partial charge in [0.15, 0.2) is 0 Å². The van der Waals surface area contributed by atoms with Crippen LogP contribution in [0.25, 0.3) is 11.1 Å². The van der Waals surface area contributed by atoms with Crippen LogP contribution in [-0.4, -0.2) is 40.8 Å². The minimum absolute atomic E-state index is 0.0139. The van der Waals surface area contributed by atoms with Crippen LogP contribution in [0.3, 0.4) is 0 Å². The lowest BCUT2D eigenvalue weighted by molar-refractivity contribution is -0.140. The quantitative estimate of drug-likeness (QED) is 0.503. The maximum atomic E-state index is 12.6. The highest BCUT2D eigenvalue weighted by Crippen LogP contribution is 2.44. The van der Waals surface area contributed by atoms with E-state index in [0.717, 1.165) is 17.5 Å². The number of ether oxygens (including phenoxy) is 1. The molecule has 180 valence electrons. The number of benzene rings is 2. The molecular formula is C27H32N2O5. The smallest absolute Gasteiger partial charge is 0.407 e. The van der Waals surface area contributed by atoms with Crippen molar-refractivity contribution < 1.29 is 24.2 Å². The Kier molecular flexibility index (Phi) is 6.64. The van der Waals surface area contributed by atoms with Crippen LogP contribution in [0, 0.1) is 0 Å². The van der Waals surface area contributed by atoms with Crippen LogP contribution in [0.4, 0.5) is 4.79 Å². The minimum atomic E-state index is -0.905. The van der Waals surface area contributed by atoms with Gasteiger partial charge in [0.2, 0.25) is 5.91 Å². The van der Waals surface area contributed by atoms with Crippen LogP contribution in [0.1, 0.15) is 69.4 Å². The molecule has 0 aromatic heterocycles. The number of carboxylic acids is 1. The summed E-state index contributed by atoms with van der Waals surface area (Å²) >= 11 is 0. The van der Waals surface area contributed by atoms with Crippen molar-refractivity contribution in [3.8, 4) is 11.1 Å².